The lowest BCUT2D eigenvalue weighted by molar-refractivity contribution is 0.309. The molecule has 0 amide bonds. The lowest BCUT2D eigenvalue weighted by Crippen LogP contribution is -2.19. The fourth-order valence-corrected chi connectivity index (χ4v) is 3.46. The van der Waals surface area contributed by atoms with Crippen molar-refractivity contribution in [1.82, 2.24) is 30.1 Å². The minimum Gasteiger partial charge on any atom is -0.345 e. The largest absolute Gasteiger partial charge is 0.345 e. The third kappa shape index (κ3) is 3.38. The molecule has 5 rings (SSSR count). The molecule has 0 spiro atoms. The highest BCUT2D eigenvalue weighted by Crippen LogP contribution is 2.49. The van der Waals surface area contributed by atoms with Crippen molar-refractivity contribution < 1.29 is 4.39 Å². The maximum atomic E-state index is 14.1. The van der Waals surface area contributed by atoms with Crippen LogP contribution in [0, 0.1) is 0 Å². The Morgan fingerprint density at radius 2 is 2.10 bits per heavy atom. The molecule has 1 aliphatic carbocycles. The number of rotatable bonds is 6. The van der Waals surface area contributed by atoms with Crippen LogP contribution in [0.25, 0.3) is 11.0 Å². The van der Waals surface area contributed by atoms with E-state index in [9.17, 15) is 4.39 Å². The standard InChI is InChI=1S/C19H18ClFN8/c1-29(9-11-2-3-12-17(16(11)20)24-10-23-12)18-22-7-4-14(26-18)25-15-8-13(27-28-15)19(21)5-6-19/h2-4,7-8,10H,5-6,9H2,1H3,(H,23,24)(H2,22,25,26,27,28). The molecule has 1 aliphatic rings. The van der Waals surface area contributed by atoms with Crippen molar-refractivity contribution in [2.75, 3.05) is 17.3 Å². The predicted molar refractivity (Wildman–Crippen MR) is 109 cm³/mol. The number of benzene rings is 1. The number of nitrogens with zero attached hydrogens (tertiary/aromatic N) is 5. The molecular formula is C19H18ClFN8. The van der Waals surface area contributed by atoms with E-state index in [0.29, 0.717) is 47.7 Å². The van der Waals surface area contributed by atoms with Gasteiger partial charge in [-0.25, -0.2) is 14.4 Å². The van der Waals surface area contributed by atoms with Crippen molar-refractivity contribution in [3.05, 3.63) is 53.1 Å². The van der Waals surface area contributed by atoms with Crippen LogP contribution in [0.2, 0.25) is 5.02 Å². The van der Waals surface area contributed by atoms with Crippen LogP contribution in [0.5, 0.6) is 0 Å². The zero-order valence-electron chi connectivity index (χ0n) is 15.6. The van der Waals surface area contributed by atoms with Gasteiger partial charge in [0.15, 0.2) is 11.5 Å². The molecule has 0 aliphatic heterocycles. The predicted octanol–water partition coefficient (Wildman–Crippen LogP) is 4.07. The van der Waals surface area contributed by atoms with E-state index in [0.717, 1.165) is 16.6 Å². The second-order valence-corrected chi connectivity index (χ2v) is 7.57. The summed E-state index contributed by atoms with van der Waals surface area (Å²) >= 11 is 6.49. The number of H-pyrrole nitrogens is 2. The van der Waals surface area contributed by atoms with Gasteiger partial charge in [0, 0.05) is 25.9 Å². The molecule has 148 valence electrons. The number of alkyl halides is 1. The van der Waals surface area contributed by atoms with Crippen molar-refractivity contribution in [3.8, 4) is 0 Å². The molecule has 0 bridgehead atoms. The van der Waals surface area contributed by atoms with E-state index in [-0.39, 0.29) is 0 Å². The van der Waals surface area contributed by atoms with Gasteiger partial charge in [-0.15, -0.1) is 0 Å². The van der Waals surface area contributed by atoms with E-state index in [1.54, 1.807) is 24.7 Å². The molecular weight excluding hydrogens is 395 g/mol. The van der Waals surface area contributed by atoms with Crippen molar-refractivity contribution in [2.45, 2.75) is 25.1 Å². The number of aromatic nitrogens is 6. The zero-order chi connectivity index (χ0) is 20.0. The minimum absolute atomic E-state index is 0.495. The third-order valence-electron chi connectivity index (χ3n) is 5.01. The summed E-state index contributed by atoms with van der Waals surface area (Å²) in [6, 6.07) is 7.31. The summed E-state index contributed by atoms with van der Waals surface area (Å²) < 4.78 is 14.1. The summed E-state index contributed by atoms with van der Waals surface area (Å²) in [7, 11) is 1.89. The normalized spacial score (nSPS) is 14.9. The lowest BCUT2D eigenvalue weighted by atomic mass is 10.2. The Morgan fingerprint density at radius 1 is 1.24 bits per heavy atom. The Morgan fingerprint density at radius 3 is 2.93 bits per heavy atom. The molecule has 3 N–H and O–H groups in total. The maximum absolute atomic E-state index is 14.1. The van der Waals surface area contributed by atoms with Gasteiger partial charge in [0.05, 0.1) is 22.6 Å². The summed E-state index contributed by atoms with van der Waals surface area (Å²) in [6.45, 7) is 0.516. The van der Waals surface area contributed by atoms with E-state index in [1.165, 1.54) is 0 Å². The number of fused-ring (bicyclic) bond motifs is 1. The smallest absolute Gasteiger partial charge is 0.227 e. The molecule has 0 atom stereocenters. The Kier molecular flexibility index (Phi) is 4.13. The SMILES string of the molecule is CN(Cc1ccc2[nH]cnc2c1Cl)c1nccc(Nc2cc(C3(F)CC3)[nH]n2)n1. The zero-order valence-corrected chi connectivity index (χ0v) is 16.3. The fourth-order valence-electron chi connectivity index (χ4n) is 3.19. The van der Waals surface area contributed by atoms with E-state index in [1.807, 2.05) is 24.1 Å². The van der Waals surface area contributed by atoms with E-state index in [4.69, 9.17) is 11.6 Å². The number of halogens is 2. The Hall–Kier alpha value is -3.20. The monoisotopic (exact) mass is 412 g/mol. The highest BCUT2D eigenvalue weighted by atomic mass is 35.5. The maximum Gasteiger partial charge on any atom is 0.227 e. The first-order chi connectivity index (χ1) is 14.0. The molecule has 1 saturated carbocycles. The van der Waals surface area contributed by atoms with Gasteiger partial charge in [-0.3, -0.25) is 5.10 Å². The summed E-state index contributed by atoms with van der Waals surface area (Å²) in [4.78, 5) is 18.1. The quantitative estimate of drug-likeness (QED) is 0.441. The van der Waals surface area contributed by atoms with Crippen molar-refractivity contribution in [1.29, 1.82) is 0 Å². The number of hydrogen-bond donors (Lipinski definition) is 3. The van der Waals surface area contributed by atoms with Gasteiger partial charge in [0.1, 0.15) is 11.3 Å². The highest BCUT2D eigenvalue weighted by Gasteiger charge is 2.46. The van der Waals surface area contributed by atoms with E-state index >= 15 is 0 Å². The van der Waals surface area contributed by atoms with Gasteiger partial charge in [-0.2, -0.15) is 10.1 Å². The molecule has 10 heteroatoms. The van der Waals surface area contributed by atoms with Gasteiger partial charge >= 0.3 is 0 Å². The lowest BCUT2D eigenvalue weighted by Gasteiger charge is -2.18. The van der Waals surface area contributed by atoms with Gasteiger partial charge in [-0.05, 0) is 30.5 Å². The molecule has 3 aromatic heterocycles. The second kappa shape index (κ2) is 6.70. The van der Waals surface area contributed by atoms with Crippen LogP contribution in [0.3, 0.4) is 0 Å². The summed E-state index contributed by atoms with van der Waals surface area (Å²) in [6.07, 6.45) is 4.34. The summed E-state index contributed by atoms with van der Waals surface area (Å²) in [5, 5.41) is 10.6. The van der Waals surface area contributed by atoms with Crippen molar-refractivity contribution >= 4 is 40.2 Å². The molecule has 8 nitrogen and oxygen atoms in total. The summed E-state index contributed by atoms with van der Waals surface area (Å²) in [5.74, 6) is 1.61. The van der Waals surface area contributed by atoms with Crippen LogP contribution < -0.4 is 10.2 Å². The number of aromatic amines is 2. The Balaban J connectivity index is 1.33. The number of nitrogens with one attached hydrogen (secondary N) is 3. The topological polar surface area (TPSA) is 98.4 Å². The molecule has 4 aromatic rings. The molecule has 3 heterocycles. The van der Waals surface area contributed by atoms with Gasteiger partial charge in [-0.1, -0.05) is 17.7 Å². The molecule has 29 heavy (non-hydrogen) atoms. The van der Waals surface area contributed by atoms with Crippen molar-refractivity contribution in [2.24, 2.45) is 0 Å². The fraction of sp³-hybridized carbons (Fsp3) is 0.263. The van der Waals surface area contributed by atoms with Gasteiger partial charge in [0.2, 0.25) is 5.95 Å². The van der Waals surface area contributed by atoms with Crippen LogP contribution in [-0.4, -0.2) is 37.2 Å². The molecule has 0 unspecified atom stereocenters. The van der Waals surface area contributed by atoms with Crippen LogP contribution >= 0.6 is 11.6 Å². The summed E-state index contributed by atoms with van der Waals surface area (Å²) in [5.41, 5.74) is 1.80. The highest BCUT2D eigenvalue weighted by molar-refractivity contribution is 6.35. The Labute approximate surface area is 170 Å². The molecule has 0 radical (unpaired) electrons. The number of anilines is 3. The van der Waals surface area contributed by atoms with Crippen LogP contribution in [-0.2, 0) is 12.2 Å². The minimum atomic E-state index is -1.25. The Bertz CT molecular complexity index is 1180. The van der Waals surface area contributed by atoms with Gasteiger partial charge < -0.3 is 15.2 Å². The van der Waals surface area contributed by atoms with Crippen LogP contribution in [0.4, 0.5) is 22.0 Å². The molecule has 0 saturated heterocycles. The first-order valence-electron chi connectivity index (χ1n) is 9.18. The first kappa shape index (κ1) is 17.9. The van der Waals surface area contributed by atoms with E-state index in [2.05, 4.69) is 35.5 Å². The number of imidazole rings is 1. The second-order valence-electron chi connectivity index (χ2n) is 7.19. The van der Waals surface area contributed by atoms with Crippen molar-refractivity contribution in [3.63, 3.8) is 0 Å². The van der Waals surface area contributed by atoms with Crippen LogP contribution in [0.1, 0.15) is 24.1 Å². The molecule has 1 aromatic carbocycles. The average Bonchev–Trinajstić information content (AvgIpc) is 3.12. The number of hydrogen-bond acceptors (Lipinski definition) is 6. The molecule has 1 fully saturated rings. The van der Waals surface area contributed by atoms with E-state index < -0.39 is 5.67 Å². The third-order valence-corrected chi connectivity index (χ3v) is 5.43. The first-order valence-corrected chi connectivity index (χ1v) is 9.56. The average molecular weight is 413 g/mol. The van der Waals surface area contributed by atoms with Crippen LogP contribution in [0.15, 0.2) is 36.8 Å². The van der Waals surface area contributed by atoms with Gasteiger partial charge in [0.25, 0.3) is 0 Å².